The largest absolute Gasteiger partial charge is 0.504 e. The van der Waals surface area contributed by atoms with Crippen LogP contribution in [0.4, 0.5) is 5.69 Å². The first-order valence-electron chi connectivity index (χ1n) is 10.4. The Morgan fingerprint density at radius 1 is 0.677 bits per heavy atom. The Morgan fingerprint density at radius 2 is 1.32 bits per heavy atom. The number of rotatable bonds is 13. The van der Waals surface area contributed by atoms with E-state index >= 15 is 0 Å². The second kappa shape index (κ2) is 12.5. The lowest BCUT2D eigenvalue weighted by molar-refractivity contribution is 0.0964. The van der Waals surface area contributed by atoms with Crippen molar-refractivity contribution in [2.75, 3.05) is 44.5 Å². The van der Waals surface area contributed by atoms with Gasteiger partial charge in [-0.1, -0.05) is 54.6 Å². The molecule has 0 radical (unpaired) electrons. The summed E-state index contributed by atoms with van der Waals surface area (Å²) in [6.07, 6.45) is 0. The van der Waals surface area contributed by atoms with E-state index in [9.17, 15) is 5.11 Å². The molecule has 0 aliphatic rings. The third-order valence-electron chi connectivity index (χ3n) is 4.63. The zero-order valence-corrected chi connectivity index (χ0v) is 17.5. The molecule has 0 aliphatic heterocycles. The Bertz CT molecular complexity index is 903. The van der Waals surface area contributed by atoms with E-state index in [1.54, 1.807) is 18.2 Å². The third kappa shape index (κ3) is 7.20. The average molecular weight is 424 g/mol. The molecule has 3 rings (SSSR count). The summed E-state index contributed by atoms with van der Waals surface area (Å²) in [5.41, 5.74) is 2.14. The molecule has 3 aromatic carbocycles. The fourth-order valence-electron chi connectivity index (χ4n) is 3.15. The predicted molar refractivity (Wildman–Crippen MR) is 121 cm³/mol. The number of aromatic hydroxyl groups is 1. The number of benzene rings is 3. The summed E-state index contributed by atoms with van der Waals surface area (Å²) in [7, 11) is 0. The van der Waals surface area contributed by atoms with Crippen molar-refractivity contribution in [3.63, 3.8) is 0 Å². The fourth-order valence-corrected chi connectivity index (χ4v) is 3.15. The molecule has 0 aliphatic carbocycles. The number of para-hydroxylation sites is 4. The van der Waals surface area contributed by atoms with Crippen LogP contribution in [0.3, 0.4) is 0 Å². The number of phenols is 1. The molecule has 3 aromatic rings. The van der Waals surface area contributed by atoms with E-state index in [4.69, 9.17) is 19.3 Å². The number of anilines is 1. The molecule has 0 saturated carbocycles. The quantitative estimate of drug-likeness (QED) is 0.407. The van der Waals surface area contributed by atoms with Crippen molar-refractivity contribution in [3.8, 4) is 17.2 Å². The summed E-state index contributed by atoms with van der Waals surface area (Å²) in [4.78, 5) is 2.20. The first-order valence-corrected chi connectivity index (χ1v) is 10.4. The average Bonchev–Trinajstić information content (AvgIpc) is 2.81. The number of aliphatic hydroxyl groups is 1. The van der Waals surface area contributed by atoms with Crippen LogP contribution in [0.5, 0.6) is 17.2 Å². The van der Waals surface area contributed by atoms with Crippen molar-refractivity contribution in [1.29, 1.82) is 0 Å². The summed E-state index contributed by atoms with van der Waals surface area (Å²) in [6, 6.07) is 25.0. The van der Waals surface area contributed by atoms with Gasteiger partial charge in [0.1, 0.15) is 19.0 Å². The Balaban J connectivity index is 1.65. The van der Waals surface area contributed by atoms with Crippen molar-refractivity contribution >= 4 is 5.69 Å². The van der Waals surface area contributed by atoms with E-state index in [-0.39, 0.29) is 12.4 Å². The van der Waals surface area contributed by atoms with Crippen molar-refractivity contribution in [2.24, 2.45) is 0 Å². The molecule has 2 N–H and O–H groups in total. The third-order valence-corrected chi connectivity index (χ3v) is 4.63. The molecule has 0 spiro atoms. The van der Waals surface area contributed by atoms with Crippen LogP contribution in [0.15, 0.2) is 78.9 Å². The number of phenolic OH excluding ortho intramolecular Hbond substituents is 1. The molecule has 0 aromatic heterocycles. The van der Waals surface area contributed by atoms with Crippen LogP contribution in [-0.4, -0.2) is 49.8 Å². The van der Waals surface area contributed by atoms with E-state index in [0.29, 0.717) is 45.3 Å². The highest BCUT2D eigenvalue weighted by atomic mass is 16.5. The van der Waals surface area contributed by atoms with E-state index < -0.39 is 0 Å². The topological polar surface area (TPSA) is 71.4 Å². The Morgan fingerprint density at radius 3 is 2.06 bits per heavy atom. The fraction of sp³-hybridized carbons (Fsp3) is 0.280. The molecule has 31 heavy (non-hydrogen) atoms. The first-order chi connectivity index (χ1) is 15.3. The monoisotopic (exact) mass is 423 g/mol. The summed E-state index contributed by atoms with van der Waals surface area (Å²) in [6.45, 7) is 2.84. The van der Waals surface area contributed by atoms with Gasteiger partial charge in [-0.2, -0.15) is 0 Å². The summed E-state index contributed by atoms with van der Waals surface area (Å²) < 4.78 is 17.1. The van der Waals surface area contributed by atoms with Gasteiger partial charge in [0.25, 0.3) is 0 Å². The lowest BCUT2D eigenvalue weighted by Crippen LogP contribution is -2.28. The lowest BCUT2D eigenvalue weighted by atomic mass is 10.2. The highest BCUT2D eigenvalue weighted by Gasteiger charge is 2.13. The van der Waals surface area contributed by atoms with Gasteiger partial charge >= 0.3 is 0 Å². The highest BCUT2D eigenvalue weighted by molar-refractivity contribution is 5.58. The van der Waals surface area contributed by atoms with E-state index in [2.05, 4.69) is 17.0 Å². The molecule has 6 nitrogen and oxygen atoms in total. The molecular weight excluding hydrogens is 394 g/mol. The summed E-state index contributed by atoms with van der Waals surface area (Å²) in [5.74, 6) is 1.30. The van der Waals surface area contributed by atoms with Gasteiger partial charge in [0, 0.05) is 13.1 Å². The molecule has 0 heterocycles. The van der Waals surface area contributed by atoms with Crippen LogP contribution in [0, 0.1) is 0 Å². The van der Waals surface area contributed by atoms with Crippen LogP contribution in [0.2, 0.25) is 0 Å². The van der Waals surface area contributed by atoms with Gasteiger partial charge in [0.05, 0.1) is 25.5 Å². The van der Waals surface area contributed by atoms with Crippen molar-refractivity contribution in [1.82, 2.24) is 0 Å². The zero-order valence-electron chi connectivity index (χ0n) is 17.5. The molecule has 0 unspecified atom stereocenters. The molecule has 0 fully saturated rings. The molecule has 6 heteroatoms. The van der Waals surface area contributed by atoms with Gasteiger partial charge in [0.15, 0.2) is 11.5 Å². The van der Waals surface area contributed by atoms with Crippen molar-refractivity contribution in [3.05, 3.63) is 84.4 Å². The van der Waals surface area contributed by atoms with E-state index in [1.165, 1.54) is 5.56 Å². The molecule has 164 valence electrons. The number of nitrogens with zero attached hydrogens (tertiary/aromatic N) is 1. The number of hydrogen-bond acceptors (Lipinski definition) is 6. The SMILES string of the molecule is OCCOCCN(Cc1ccccc1)c1ccccc1OCCOc1ccccc1O. The lowest BCUT2D eigenvalue weighted by Gasteiger charge is -2.27. The van der Waals surface area contributed by atoms with Crippen molar-refractivity contribution in [2.45, 2.75) is 6.54 Å². The highest BCUT2D eigenvalue weighted by Crippen LogP contribution is 2.29. The smallest absolute Gasteiger partial charge is 0.161 e. The maximum Gasteiger partial charge on any atom is 0.161 e. The van der Waals surface area contributed by atoms with Gasteiger partial charge in [-0.05, 0) is 29.8 Å². The normalized spacial score (nSPS) is 10.6. The van der Waals surface area contributed by atoms with Gasteiger partial charge < -0.3 is 29.3 Å². The molecule has 0 atom stereocenters. The van der Waals surface area contributed by atoms with Crippen LogP contribution < -0.4 is 14.4 Å². The molecule has 0 amide bonds. The minimum absolute atomic E-state index is 0.00928. The maximum atomic E-state index is 9.80. The van der Waals surface area contributed by atoms with Crippen LogP contribution in [0.25, 0.3) is 0 Å². The van der Waals surface area contributed by atoms with Crippen LogP contribution in [-0.2, 0) is 11.3 Å². The number of ether oxygens (including phenoxy) is 3. The first kappa shape index (κ1) is 22.5. The molecule has 0 saturated heterocycles. The zero-order chi connectivity index (χ0) is 21.7. The van der Waals surface area contributed by atoms with Crippen LogP contribution in [0.1, 0.15) is 5.56 Å². The van der Waals surface area contributed by atoms with Crippen LogP contribution >= 0.6 is 0 Å². The predicted octanol–water partition coefficient (Wildman–Crippen LogP) is 3.87. The standard InChI is InChI=1S/C25H29NO5/c27-15-17-29-16-14-26(20-21-8-2-1-3-9-21)22-10-4-6-12-24(22)30-18-19-31-25-13-7-5-11-23(25)28/h1-13,27-28H,14-20H2. The molecular formula is C25H29NO5. The minimum atomic E-state index is 0.00928. The van der Waals surface area contributed by atoms with Gasteiger partial charge in [-0.3, -0.25) is 0 Å². The van der Waals surface area contributed by atoms with Gasteiger partial charge in [0.2, 0.25) is 0 Å². The minimum Gasteiger partial charge on any atom is -0.504 e. The Labute approximate surface area is 183 Å². The second-order valence-corrected chi connectivity index (χ2v) is 6.88. The number of hydrogen-bond donors (Lipinski definition) is 2. The summed E-state index contributed by atoms with van der Waals surface area (Å²) in [5, 5.41) is 18.8. The van der Waals surface area contributed by atoms with Gasteiger partial charge in [-0.25, -0.2) is 0 Å². The Hall–Kier alpha value is -3.22. The van der Waals surface area contributed by atoms with E-state index in [1.807, 2.05) is 48.5 Å². The molecule has 0 bridgehead atoms. The van der Waals surface area contributed by atoms with Gasteiger partial charge in [-0.15, -0.1) is 0 Å². The number of aliphatic hydroxyl groups excluding tert-OH is 1. The van der Waals surface area contributed by atoms with E-state index in [0.717, 1.165) is 11.4 Å². The summed E-state index contributed by atoms with van der Waals surface area (Å²) >= 11 is 0. The Kier molecular flexibility index (Phi) is 9.04. The maximum absolute atomic E-state index is 9.80. The van der Waals surface area contributed by atoms with Crippen molar-refractivity contribution < 1.29 is 24.4 Å². The second-order valence-electron chi connectivity index (χ2n) is 6.88.